The van der Waals surface area contributed by atoms with Crippen molar-refractivity contribution in [3.8, 4) is 17.1 Å². The SMILES string of the molecule is Cc1cc(=O)c(O)cn1-c1ccc(-n2cncn2)cc1. The van der Waals surface area contributed by atoms with Crippen LogP contribution in [0.1, 0.15) is 5.69 Å². The van der Waals surface area contributed by atoms with Crippen molar-refractivity contribution in [1.29, 1.82) is 0 Å². The van der Waals surface area contributed by atoms with E-state index in [1.165, 1.54) is 18.6 Å². The van der Waals surface area contributed by atoms with Crippen molar-refractivity contribution in [2.24, 2.45) is 0 Å². The first-order valence-corrected chi connectivity index (χ1v) is 6.03. The maximum atomic E-state index is 11.4. The predicted molar refractivity (Wildman–Crippen MR) is 73.4 cm³/mol. The summed E-state index contributed by atoms with van der Waals surface area (Å²) in [5.74, 6) is -0.268. The van der Waals surface area contributed by atoms with Crippen molar-refractivity contribution < 1.29 is 5.11 Å². The monoisotopic (exact) mass is 268 g/mol. The van der Waals surface area contributed by atoms with Crippen LogP contribution in [0.3, 0.4) is 0 Å². The Balaban J connectivity index is 2.04. The lowest BCUT2D eigenvalue weighted by molar-refractivity contribution is 0.465. The number of aromatic nitrogens is 4. The highest BCUT2D eigenvalue weighted by Gasteiger charge is 2.05. The van der Waals surface area contributed by atoms with Gasteiger partial charge in [0.15, 0.2) is 5.75 Å². The summed E-state index contributed by atoms with van der Waals surface area (Å²) in [6.07, 6.45) is 4.51. The van der Waals surface area contributed by atoms with E-state index in [4.69, 9.17) is 0 Å². The molecule has 20 heavy (non-hydrogen) atoms. The van der Waals surface area contributed by atoms with E-state index in [1.807, 2.05) is 31.2 Å². The first-order valence-electron chi connectivity index (χ1n) is 6.03. The Kier molecular flexibility index (Phi) is 2.83. The van der Waals surface area contributed by atoms with Crippen molar-refractivity contribution in [3.63, 3.8) is 0 Å². The van der Waals surface area contributed by atoms with Gasteiger partial charge in [-0.25, -0.2) is 9.67 Å². The molecule has 6 nitrogen and oxygen atoms in total. The largest absolute Gasteiger partial charge is 0.503 e. The molecular weight excluding hydrogens is 256 g/mol. The maximum Gasteiger partial charge on any atom is 0.223 e. The zero-order chi connectivity index (χ0) is 14.1. The summed E-state index contributed by atoms with van der Waals surface area (Å²) < 4.78 is 3.40. The molecule has 0 atom stereocenters. The molecular formula is C14H12N4O2. The molecule has 6 heteroatoms. The third-order valence-electron chi connectivity index (χ3n) is 3.03. The Morgan fingerprint density at radius 3 is 2.50 bits per heavy atom. The van der Waals surface area contributed by atoms with Crippen molar-refractivity contribution >= 4 is 0 Å². The van der Waals surface area contributed by atoms with E-state index in [1.54, 1.807) is 15.6 Å². The molecule has 0 saturated carbocycles. The smallest absolute Gasteiger partial charge is 0.223 e. The molecule has 0 radical (unpaired) electrons. The Morgan fingerprint density at radius 2 is 1.85 bits per heavy atom. The average Bonchev–Trinajstić information content (AvgIpc) is 2.97. The summed E-state index contributed by atoms with van der Waals surface area (Å²) >= 11 is 0. The van der Waals surface area contributed by atoms with Gasteiger partial charge in [-0.15, -0.1) is 0 Å². The normalized spacial score (nSPS) is 10.7. The lowest BCUT2D eigenvalue weighted by Gasteiger charge is -2.11. The fourth-order valence-electron chi connectivity index (χ4n) is 2.01. The van der Waals surface area contributed by atoms with Crippen LogP contribution in [0.25, 0.3) is 11.4 Å². The topological polar surface area (TPSA) is 72.9 Å². The number of aromatic hydroxyl groups is 1. The highest BCUT2D eigenvalue weighted by atomic mass is 16.3. The summed E-state index contributed by atoms with van der Waals surface area (Å²) in [5.41, 5.74) is 2.11. The lowest BCUT2D eigenvalue weighted by Crippen LogP contribution is -2.08. The highest BCUT2D eigenvalue weighted by molar-refractivity contribution is 5.42. The quantitative estimate of drug-likeness (QED) is 0.763. The van der Waals surface area contributed by atoms with E-state index in [-0.39, 0.29) is 11.2 Å². The third-order valence-corrected chi connectivity index (χ3v) is 3.03. The van der Waals surface area contributed by atoms with E-state index < -0.39 is 0 Å². The van der Waals surface area contributed by atoms with Crippen LogP contribution >= 0.6 is 0 Å². The summed E-state index contributed by atoms with van der Waals surface area (Å²) in [6, 6.07) is 8.94. The number of nitrogens with zero attached hydrogens (tertiary/aromatic N) is 4. The molecule has 0 fully saturated rings. The van der Waals surface area contributed by atoms with Crippen LogP contribution in [-0.2, 0) is 0 Å². The van der Waals surface area contributed by atoms with Crippen LogP contribution in [0.4, 0.5) is 0 Å². The summed E-state index contributed by atoms with van der Waals surface area (Å²) in [7, 11) is 0. The predicted octanol–water partition coefficient (Wildman–Crippen LogP) is 1.43. The van der Waals surface area contributed by atoms with Gasteiger partial charge in [0.25, 0.3) is 0 Å². The maximum absolute atomic E-state index is 11.4. The van der Waals surface area contributed by atoms with Gasteiger partial charge in [-0.2, -0.15) is 5.10 Å². The number of benzene rings is 1. The standard InChI is InChI=1S/C14H12N4O2/c1-10-6-13(19)14(20)7-17(10)11-2-4-12(5-3-11)18-9-15-8-16-18/h2-9,20H,1H3. The minimum Gasteiger partial charge on any atom is -0.503 e. The number of rotatable bonds is 2. The Labute approximate surface area is 114 Å². The van der Waals surface area contributed by atoms with Crippen LogP contribution in [-0.4, -0.2) is 24.4 Å². The lowest BCUT2D eigenvalue weighted by atomic mass is 10.2. The van der Waals surface area contributed by atoms with Crippen molar-refractivity contribution in [3.05, 3.63) is 65.1 Å². The summed E-state index contributed by atoms with van der Waals surface area (Å²) in [6.45, 7) is 1.81. The van der Waals surface area contributed by atoms with Crippen LogP contribution in [0.15, 0.2) is 54.0 Å². The van der Waals surface area contributed by atoms with E-state index in [9.17, 15) is 9.90 Å². The van der Waals surface area contributed by atoms with E-state index >= 15 is 0 Å². The number of hydrogen-bond acceptors (Lipinski definition) is 4. The fraction of sp³-hybridized carbons (Fsp3) is 0.0714. The van der Waals surface area contributed by atoms with Gasteiger partial charge in [-0.3, -0.25) is 4.79 Å². The van der Waals surface area contributed by atoms with Gasteiger partial charge < -0.3 is 9.67 Å². The average molecular weight is 268 g/mol. The van der Waals surface area contributed by atoms with Crippen molar-refractivity contribution in [1.82, 2.24) is 19.3 Å². The number of aryl methyl sites for hydroxylation is 1. The molecule has 1 aromatic carbocycles. The second-order valence-corrected chi connectivity index (χ2v) is 4.39. The van der Waals surface area contributed by atoms with E-state index in [0.29, 0.717) is 0 Å². The van der Waals surface area contributed by atoms with Crippen LogP contribution in [0, 0.1) is 6.92 Å². The number of pyridine rings is 1. The molecule has 100 valence electrons. The van der Waals surface area contributed by atoms with Gasteiger partial charge in [-0.05, 0) is 31.2 Å². The molecule has 1 N–H and O–H groups in total. The van der Waals surface area contributed by atoms with Crippen LogP contribution < -0.4 is 5.43 Å². The van der Waals surface area contributed by atoms with E-state index in [0.717, 1.165) is 17.1 Å². The molecule has 0 unspecified atom stereocenters. The van der Waals surface area contributed by atoms with Gasteiger partial charge in [0.1, 0.15) is 12.7 Å². The third kappa shape index (κ3) is 2.07. The Bertz CT molecular complexity index is 789. The van der Waals surface area contributed by atoms with Crippen LogP contribution in [0.2, 0.25) is 0 Å². The second kappa shape index (κ2) is 4.65. The minimum atomic E-state index is -0.377. The first-order chi connectivity index (χ1) is 9.65. The van der Waals surface area contributed by atoms with Gasteiger partial charge in [0, 0.05) is 17.4 Å². The molecule has 0 bridgehead atoms. The Morgan fingerprint density at radius 1 is 1.15 bits per heavy atom. The fourth-order valence-corrected chi connectivity index (χ4v) is 2.01. The van der Waals surface area contributed by atoms with Crippen molar-refractivity contribution in [2.75, 3.05) is 0 Å². The Hall–Kier alpha value is -2.89. The zero-order valence-electron chi connectivity index (χ0n) is 10.8. The van der Waals surface area contributed by atoms with Crippen LogP contribution in [0.5, 0.6) is 5.75 Å². The molecule has 3 aromatic rings. The minimum absolute atomic E-state index is 0.268. The number of hydrogen-bond donors (Lipinski definition) is 1. The molecule has 0 saturated heterocycles. The molecule has 0 aliphatic rings. The molecule has 0 aliphatic heterocycles. The molecule has 2 heterocycles. The van der Waals surface area contributed by atoms with E-state index in [2.05, 4.69) is 10.1 Å². The first kappa shape index (κ1) is 12.2. The van der Waals surface area contributed by atoms with Gasteiger partial charge >= 0.3 is 0 Å². The van der Waals surface area contributed by atoms with Crippen molar-refractivity contribution in [2.45, 2.75) is 6.92 Å². The highest BCUT2D eigenvalue weighted by Crippen LogP contribution is 2.15. The van der Waals surface area contributed by atoms with Gasteiger partial charge in [0.2, 0.25) is 5.43 Å². The molecule has 0 aliphatic carbocycles. The zero-order valence-corrected chi connectivity index (χ0v) is 10.8. The summed E-state index contributed by atoms with van der Waals surface area (Å²) in [4.78, 5) is 15.2. The molecule has 0 spiro atoms. The molecule has 2 aromatic heterocycles. The summed E-state index contributed by atoms with van der Waals surface area (Å²) in [5, 5.41) is 13.6. The molecule has 0 amide bonds. The molecule has 3 rings (SSSR count). The second-order valence-electron chi connectivity index (χ2n) is 4.39. The van der Waals surface area contributed by atoms with Gasteiger partial charge in [0.05, 0.1) is 11.9 Å². The van der Waals surface area contributed by atoms with Gasteiger partial charge in [-0.1, -0.05) is 0 Å².